The van der Waals surface area contributed by atoms with Crippen molar-refractivity contribution in [3.8, 4) is 0 Å². The lowest BCUT2D eigenvalue weighted by Gasteiger charge is -2.01. The third-order valence-corrected chi connectivity index (χ3v) is 3.71. The molecule has 1 heterocycles. The van der Waals surface area contributed by atoms with Crippen molar-refractivity contribution in [3.05, 3.63) is 36.7 Å². The fraction of sp³-hybridized carbons (Fsp3) is 0.111. The predicted molar refractivity (Wildman–Crippen MR) is 52.9 cm³/mol. The van der Waals surface area contributed by atoms with Gasteiger partial charge in [-0.05, 0) is 12.1 Å². The van der Waals surface area contributed by atoms with Crippen molar-refractivity contribution < 1.29 is 8.42 Å². The summed E-state index contributed by atoms with van der Waals surface area (Å²) in [4.78, 5) is 3.95. The second-order valence-electron chi connectivity index (χ2n) is 2.98. The van der Waals surface area contributed by atoms with Gasteiger partial charge in [0, 0.05) is 7.05 Å². The van der Waals surface area contributed by atoms with E-state index in [4.69, 9.17) is 0 Å². The van der Waals surface area contributed by atoms with E-state index in [0.717, 1.165) is 0 Å². The first kappa shape index (κ1) is 9.85. The predicted octanol–water partition coefficient (Wildman–Crippen LogP) is 0.648. The van der Waals surface area contributed by atoms with E-state index in [2.05, 4.69) is 10.1 Å². The summed E-state index contributed by atoms with van der Waals surface area (Å²) in [5.74, 6) is 0. The molecule has 15 heavy (non-hydrogen) atoms. The van der Waals surface area contributed by atoms with E-state index < -0.39 is 9.84 Å². The minimum atomic E-state index is -3.54. The third kappa shape index (κ3) is 1.63. The van der Waals surface area contributed by atoms with Gasteiger partial charge in [0.1, 0.15) is 6.33 Å². The molecule has 2 rings (SSSR count). The average molecular weight is 223 g/mol. The molecular formula is C9H9N3O2S. The summed E-state index contributed by atoms with van der Waals surface area (Å²) in [5, 5.41) is 3.69. The molecule has 0 radical (unpaired) electrons. The highest BCUT2D eigenvalue weighted by atomic mass is 32.2. The number of nitrogens with zero attached hydrogens (tertiary/aromatic N) is 3. The van der Waals surface area contributed by atoms with Crippen LogP contribution in [0.4, 0.5) is 0 Å². The highest BCUT2D eigenvalue weighted by molar-refractivity contribution is 7.91. The van der Waals surface area contributed by atoms with Crippen LogP contribution in [0.25, 0.3) is 0 Å². The van der Waals surface area contributed by atoms with Gasteiger partial charge in [0.25, 0.3) is 0 Å². The van der Waals surface area contributed by atoms with Gasteiger partial charge in [-0.1, -0.05) is 18.2 Å². The Kier molecular flexibility index (Phi) is 2.28. The van der Waals surface area contributed by atoms with E-state index >= 15 is 0 Å². The lowest BCUT2D eigenvalue weighted by Crippen LogP contribution is -2.09. The number of sulfone groups is 1. The molecule has 0 saturated heterocycles. The van der Waals surface area contributed by atoms with Crippen molar-refractivity contribution >= 4 is 9.84 Å². The van der Waals surface area contributed by atoms with Crippen molar-refractivity contribution in [1.29, 1.82) is 0 Å². The van der Waals surface area contributed by atoms with Crippen LogP contribution in [0.5, 0.6) is 0 Å². The van der Waals surface area contributed by atoms with Crippen LogP contribution in [0.2, 0.25) is 0 Å². The zero-order chi connectivity index (χ0) is 10.9. The van der Waals surface area contributed by atoms with Gasteiger partial charge in [0.15, 0.2) is 0 Å². The van der Waals surface area contributed by atoms with Gasteiger partial charge in [-0.2, -0.15) is 5.10 Å². The third-order valence-electron chi connectivity index (χ3n) is 1.96. The molecule has 0 aliphatic carbocycles. The molecule has 0 N–H and O–H groups in total. The number of hydrogen-bond acceptors (Lipinski definition) is 4. The minimum Gasteiger partial charge on any atom is -0.239 e. The number of rotatable bonds is 2. The van der Waals surface area contributed by atoms with E-state index in [-0.39, 0.29) is 10.1 Å². The summed E-state index contributed by atoms with van der Waals surface area (Å²) in [5.41, 5.74) is 0. The standard InChI is InChI=1S/C9H9N3O2S/c1-12-9(10-7-11-12)15(13,14)8-5-3-2-4-6-8/h2-7H,1H3. The molecule has 0 saturated carbocycles. The summed E-state index contributed by atoms with van der Waals surface area (Å²) in [7, 11) is -1.99. The summed E-state index contributed by atoms with van der Waals surface area (Å²) in [6.07, 6.45) is 1.22. The van der Waals surface area contributed by atoms with E-state index in [9.17, 15) is 8.42 Å². The molecule has 2 aromatic rings. The van der Waals surface area contributed by atoms with Crippen LogP contribution in [0.3, 0.4) is 0 Å². The molecule has 6 heteroatoms. The first-order valence-electron chi connectivity index (χ1n) is 4.26. The van der Waals surface area contributed by atoms with Crippen molar-refractivity contribution in [1.82, 2.24) is 14.8 Å². The zero-order valence-corrected chi connectivity index (χ0v) is 8.85. The van der Waals surface area contributed by atoms with Crippen molar-refractivity contribution in [3.63, 3.8) is 0 Å². The fourth-order valence-corrected chi connectivity index (χ4v) is 2.54. The lowest BCUT2D eigenvalue weighted by atomic mass is 10.4. The van der Waals surface area contributed by atoms with E-state index in [1.165, 1.54) is 23.1 Å². The van der Waals surface area contributed by atoms with E-state index in [1.54, 1.807) is 25.2 Å². The second-order valence-corrected chi connectivity index (χ2v) is 4.83. The van der Waals surface area contributed by atoms with E-state index in [0.29, 0.717) is 0 Å². The van der Waals surface area contributed by atoms with Crippen LogP contribution in [0.15, 0.2) is 46.7 Å². The molecule has 0 atom stereocenters. The molecule has 0 aliphatic heterocycles. The maximum absolute atomic E-state index is 12.0. The second kappa shape index (κ2) is 3.47. The van der Waals surface area contributed by atoms with Crippen LogP contribution < -0.4 is 0 Å². The minimum absolute atomic E-state index is 0.0475. The maximum Gasteiger partial charge on any atom is 0.250 e. The largest absolute Gasteiger partial charge is 0.250 e. The molecule has 5 nitrogen and oxygen atoms in total. The number of aryl methyl sites for hydroxylation is 1. The van der Waals surface area contributed by atoms with Crippen molar-refractivity contribution in [2.45, 2.75) is 10.1 Å². The van der Waals surface area contributed by atoms with Crippen LogP contribution >= 0.6 is 0 Å². The highest BCUT2D eigenvalue weighted by Gasteiger charge is 2.22. The Morgan fingerprint density at radius 3 is 2.40 bits per heavy atom. The van der Waals surface area contributed by atoms with Gasteiger partial charge in [-0.25, -0.2) is 18.1 Å². The molecule has 1 aromatic carbocycles. The molecule has 0 spiro atoms. The van der Waals surface area contributed by atoms with Crippen molar-refractivity contribution in [2.24, 2.45) is 7.05 Å². The SMILES string of the molecule is Cn1ncnc1S(=O)(=O)c1ccccc1. The lowest BCUT2D eigenvalue weighted by molar-refractivity contribution is 0.569. The van der Waals surface area contributed by atoms with Gasteiger partial charge in [-0.3, -0.25) is 0 Å². The molecule has 0 amide bonds. The van der Waals surface area contributed by atoms with E-state index in [1.807, 2.05) is 0 Å². The Balaban J connectivity index is 2.60. The van der Waals surface area contributed by atoms with Gasteiger partial charge in [0.05, 0.1) is 4.90 Å². The Bertz CT molecular complexity index is 560. The Labute approximate surface area is 87.3 Å². The quantitative estimate of drug-likeness (QED) is 0.749. The zero-order valence-electron chi connectivity index (χ0n) is 8.03. The number of hydrogen-bond donors (Lipinski definition) is 0. The normalized spacial score (nSPS) is 11.5. The Hall–Kier alpha value is -1.69. The molecule has 0 fully saturated rings. The Morgan fingerprint density at radius 1 is 1.20 bits per heavy atom. The van der Waals surface area contributed by atoms with Crippen molar-refractivity contribution in [2.75, 3.05) is 0 Å². The molecule has 1 aromatic heterocycles. The number of benzene rings is 1. The summed E-state index contributed by atoms with van der Waals surface area (Å²) in [6.45, 7) is 0. The monoisotopic (exact) mass is 223 g/mol. The van der Waals surface area contributed by atoms with Gasteiger partial charge in [0.2, 0.25) is 15.0 Å². The Morgan fingerprint density at radius 2 is 1.87 bits per heavy atom. The first-order valence-corrected chi connectivity index (χ1v) is 5.75. The van der Waals surface area contributed by atoms with Crippen LogP contribution in [0, 0.1) is 0 Å². The maximum atomic E-state index is 12.0. The smallest absolute Gasteiger partial charge is 0.239 e. The molecule has 0 bridgehead atoms. The summed E-state index contributed by atoms with van der Waals surface area (Å²) in [6, 6.07) is 8.16. The van der Waals surface area contributed by atoms with Crippen LogP contribution in [0.1, 0.15) is 0 Å². The van der Waals surface area contributed by atoms with Gasteiger partial charge < -0.3 is 0 Å². The molecule has 0 aliphatic rings. The molecular weight excluding hydrogens is 214 g/mol. The molecule has 0 unspecified atom stereocenters. The van der Waals surface area contributed by atoms with Crippen LogP contribution in [-0.4, -0.2) is 23.2 Å². The highest BCUT2D eigenvalue weighted by Crippen LogP contribution is 2.16. The summed E-state index contributed by atoms with van der Waals surface area (Å²) < 4.78 is 25.2. The van der Waals surface area contributed by atoms with Gasteiger partial charge >= 0.3 is 0 Å². The molecule has 78 valence electrons. The first-order chi connectivity index (χ1) is 7.12. The number of aromatic nitrogens is 3. The average Bonchev–Trinajstić information content (AvgIpc) is 2.66. The summed E-state index contributed by atoms with van der Waals surface area (Å²) >= 11 is 0. The van der Waals surface area contributed by atoms with Gasteiger partial charge in [-0.15, -0.1) is 0 Å². The fourth-order valence-electron chi connectivity index (χ4n) is 1.23. The topological polar surface area (TPSA) is 64.8 Å². The van der Waals surface area contributed by atoms with Crippen LogP contribution in [-0.2, 0) is 16.9 Å².